The number of benzene rings is 2. The molecule has 1 amide bonds. The van der Waals surface area contributed by atoms with Crippen molar-refractivity contribution in [3.63, 3.8) is 0 Å². The van der Waals surface area contributed by atoms with E-state index in [1.54, 1.807) is 4.90 Å². The molecule has 1 saturated heterocycles. The highest BCUT2D eigenvalue weighted by molar-refractivity contribution is 7.89. The lowest BCUT2D eigenvalue weighted by molar-refractivity contribution is -0.125. The van der Waals surface area contributed by atoms with Gasteiger partial charge >= 0.3 is 0 Å². The number of hydrogen-bond donors (Lipinski definition) is 1. The van der Waals surface area contributed by atoms with Crippen molar-refractivity contribution in [1.82, 2.24) is 9.62 Å². The minimum atomic E-state index is -3.24. The van der Waals surface area contributed by atoms with Crippen LogP contribution >= 0.6 is 0 Å². The molecule has 2 aromatic carbocycles. The standard InChI is InChI=1S/C24H30N4O3S/c1-2-17-32(30,31)26-20-13-15-27(16-14-20)24(29)22-18-23(19-9-5-3-6-10-19)28(25-22)21-11-7-4-8-12-21/h3-12,20,23,26H,2,13-18H2,1H3. The third-order valence-corrected chi connectivity index (χ3v) is 7.60. The Morgan fingerprint density at radius 1 is 1.03 bits per heavy atom. The quantitative estimate of drug-likeness (QED) is 0.696. The number of likely N-dealkylation sites (tertiary alicyclic amines) is 1. The zero-order valence-electron chi connectivity index (χ0n) is 18.4. The second-order valence-electron chi connectivity index (χ2n) is 8.36. The number of nitrogens with one attached hydrogen (secondary N) is 1. The summed E-state index contributed by atoms with van der Waals surface area (Å²) in [6.45, 7) is 2.90. The zero-order valence-corrected chi connectivity index (χ0v) is 19.2. The lowest BCUT2D eigenvalue weighted by Crippen LogP contribution is -2.48. The lowest BCUT2D eigenvalue weighted by atomic mass is 10.00. The van der Waals surface area contributed by atoms with Crippen molar-refractivity contribution in [3.8, 4) is 0 Å². The molecule has 7 nitrogen and oxygen atoms in total. The van der Waals surface area contributed by atoms with Gasteiger partial charge in [0.1, 0.15) is 5.71 Å². The second-order valence-corrected chi connectivity index (χ2v) is 10.2. The SMILES string of the molecule is CCCS(=O)(=O)NC1CCN(C(=O)C2=NN(c3ccccc3)C(c3ccccc3)C2)CC1. The average molecular weight is 455 g/mol. The number of carbonyl (C=O) groups excluding carboxylic acids is 1. The molecule has 0 bridgehead atoms. The van der Waals surface area contributed by atoms with E-state index >= 15 is 0 Å². The largest absolute Gasteiger partial charge is 0.337 e. The van der Waals surface area contributed by atoms with Crippen LogP contribution < -0.4 is 9.73 Å². The molecule has 0 radical (unpaired) electrons. The summed E-state index contributed by atoms with van der Waals surface area (Å²) >= 11 is 0. The fraction of sp³-hybridized carbons (Fsp3) is 0.417. The van der Waals surface area contributed by atoms with E-state index in [2.05, 4.69) is 16.9 Å². The Morgan fingerprint density at radius 3 is 2.28 bits per heavy atom. The van der Waals surface area contributed by atoms with Crippen LogP contribution in [0.25, 0.3) is 0 Å². The number of hydrogen-bond acceptors (Lipinski definition) is 5. The molecule has 2 heterocycles. The first-order valence-corrected chi connectivity index (χ1v) is 12.9. The van der Waals surface area contributed by atoms with Gasteiger partial charge in [-0.2, -0.15) is 5.10 Å². The molecule has 8 heteroatoms. The van der Waals surface area contributed by atoms with E-state index in [-0.39, 0.29) is 23.7 Å². The topological polar surface area (TPSA) is 82.1 Å². The van der Waals surface area contributed by atoms with E-state index in [4.69, 9.17) is 5.10 Å². The summed E-state index contributed by atoms with van der Waals surface area (Å²) in [4.78, 5) is 15.1. The Labute approximate surface area is 190 Å². The molecule has 2 aliphatic heterocycles. The van der Waals surface area contributed by atoms with E-state index in [1.165, 1.54) is 0 Å². The number of nitrogens with zero attached hydrogens (tertiary/aromatic N) is 3. The first-order valence-electron chi connectivity index (χ1n) is 11.2. The molecule has 1 atom stereocenters. The summed E-state index contributed by atoms with van der Waals surface area (Å²) in [6, 6.07) is 19.9. The van der Waals surface area contributed by atoms with Gasteiger partial charge in [-0.1, -0.05) is 55.5 Å². The molecule has 0 aromatic heterocycles. The molecule has 4 rings (SSSR count). The highest BCUT2D eigenvalue weighted by atomic mass is 32.2. The van der Waals surface area contributed by atoms with E-state index in [9.17, 15) is 13.2 Å². The third-order valence-electron chi connectivity index (χ3n) is 5.96. The van der Waals surface area contributed by atoms with Crippen LogP contribution in [0.4, 0.5) is 5.69 Å². The predicted octanol–water partition coefficient (Wildman–Crippen LogP) is 3.31. The summed E-state index contributed by atoms with van der Waals surface area (Å²) in [7, 11) is -3.24. The number of hydrazone groups is 1. The van der Waals surface area contributed by atoms with Crippen LogP contribution in [0.5, 0.6) is 0 Å². The van der Waals surface area contributed by atoms with Gasteiger partial charge in [-0.25, -0.2) is 13.1 Å². The fourth-order valence-corrected chi connectivity index (χ4v) is 5.76. The molecular weight excluding hydrogens is 424 g/mol. The van der Waals surface area contributed by atoms with Gasteiger partial charge in [0.15, 0.2) is 0 Å². The van der Waals surface area contributed by atoms with E-state index in [0.29, 0.717) is 44.5 Å². The number of rotatable bonds is 7. The Kier molecular flexibility index (Phi) is 6.91. The molecule has 170 valence electrons. The van der Waals surface area contributed by atoms with Crippen molar-refractivity contribution in [1.29, 1.82) is 0 Å². The van der Waals surface area contributed by atoms with Gasteiger partial charge in [-0.3, -0.25) is 9.80 Å². The van der Waals surface area contributed by atoms with E-state index in [0.717, 1.165) is 11.3 Å². The highest BCUT2D eigenvalue weighted by Crippen LogP contribution is 2.35. The highest BCUT2D eigenvalue weighted by Gasteiger charge is 2.35. The van der Waals surface area contributed by atoms with Gasteiger partial charge in [0.2, 0.25) is 10.0 Å². The van der Waals surface area contributed by atoms with Gasteiger partial charge in [0.25, 0.3) is 5.91 Å². The maximum Gasteiger partial charge on any atom is 0.270 e. The smallest absolute Gasteiger partial charge is 0.270 e. The molecular formula is C24H30N4O3S. The summed E-state index contributed by atoms with van der Waals surface area (Å²) in [5, 5.41) is 6.68. The van der Waals surface area contributed by atoms with Crippen LogP contribution in [-0.4, -0.2) is 49.8 Å². The molecule has 1 fully saturated rings. The van der Waals surface area contributed by atoms with Crippen molar-refractivity contribution in [2.24, 2.45) is 5.10 Å². The third kappa shape index (κ3) is 5.19. The summed E-state index contributed by atoms with van der Waals surface area (Å²) in [6.07, 6.45) is 2.37. The summed E-state index contributed by atoms with van der Waals surface area (Å²) in [5.74, 6) is 0.0818. The number of para-hydroxylation sites is 1. The Hall–Kier alpha value is -2.71. The fourth-order valence-electron chi connectivity index (χ4n) is 4.36. The van der Waals surface area contributed by atoms with Crippen LogP contribution in [0.2, 0.25) is 0 Å². The van der Waals surface area contributed by atoms with Gasteiger partial charge in [-0.15, -0.1) is 0 Å². The molecule has 2 aliphatic rings. The molecule has 1 unspecified atom stereocenters. The molecule has 0 spiro atoms. The number of carbonyl (C=O) groups is 1. The maximum atomic E-state index is 13.3. The zero-order chi connectivity index (χ0) is 22.6. The van der Waals surface area contributed by atoms with Gasteiger partial charge < -0.3 is 4.90 Å². The molecule has 2 aromatic rings. The predicted molar refractivity (Wildman–Crippen MR) is 127 cm³/mol. The van der Waals surface area contributed by atoms with Gasteiger partial charge in [-0.05, 0) is 37.0 Å². The van der Waals surface area contributed by atoms with Crippen LogP contribution in [-0.2, 0) is 14.8 Å². The maximum absolute atomic E-state index is 13.3. The van der Waals surface area contributed by atoms with Crippen molar-refractivity contribution >= 4 is 27.3 Å². The van der Waals surface area contributed by atoms with E-state index in [1.807, 2.05) is 60.5 Å². The number of amides is 1. The Balaban J connectivity index is 1.46. The first-order chi connectivity index (χ1) is 15.5. The molecule has 0 saturated carbocycles. The Morgan fingerprint density at radius 2 is 1.66 bits per heavy atom. The van der Waals surface area contributed by atoms with Crippen LogP contribution in [0, 0.1) is 0 Å². The number of piperidine rings is 1. The van der Waals surface area contributed by atoms with Gasteiger partial charge in [0, 0.05) is 25.6 Å². The van der Waals surface area contributed by atoms with Crippen LogP contribution in [0.15, 0.2) is 65.8 Å². The van der Waals surface area contributed by atoms with Crippen molar-refractivity contribution in [2.45, 2.75) is 44.7 Å². The van der Waals surface area contributed by atoms with Crippen molar-refractivity contribution in [2.75, 3.05) is 23.9 Å². The van der Waals surface area contributed by atoms with Crippen LogP contribution in [0.1, 0.15) is 44.2 Å². The summed E-state index contributed by atoms with van der Waals surface area (Å²) < 4.78 is 26.9. The Bertz CT molecular complexity index is 1050. The number of sulfonamides is 1. The normalized spacial score (nSPS) is 19.8. The van der Waals surface area contributed by atoms with Gasteiger partial charge in [0.05, 0.1) is 17.5 Å². The monoisotopic (exact) mass is 454 g/mol. The molecule has 32 heavy (non-hydrogen) atoms. The first kappa shape index (κ1) is 22.5. The number of anilines is 1. The van der Waals surface area contributed by atoms with Crippen molar-refractivity contribution < 1.29 is 13.2 Å². The summed E-state index contributed by atoms with van der Waals surface area (Å²) in [5.41, 5.74) is 2.62. The second kappa shape index (κ2) is 9.83. The molecule has 1 N–H and O–H groups in total. The van der Waals surface area contributed by atoms with E-state index < -0.39 is 10.0 Å². The minimum Gasteiger partial charge on any atom is -0.337 e. The lowest BCUT2D eigenvalue weighted by Gasteiger charge is -2.32. The van der Waals surface area contributed by atoms with Crippen molar-refractivity contribution in [3.05, 3.63) is 66.2 Å². The average Bonchev–Trinajstić information content (AvgIpc) is 3.25. The van der Waals surface area contributed by atoms with Crippen LogP contribution in [0.3, 0.4) is 0 Å². The minimum absolute atomic E-state index is 0.0315. The molecule has 0 aliphatic carbocycles.